The number of aliphatic hydroxyl groups excluding tert-OH is 1. The highest BCUT2D eigenvalue weighted by atomic mass is 19.1. The van der Waals surface area contributed by atoms with Gasteiger partial charge in [-0.1, -0.05) is 12.1 Å². The summed E-state index contributed by atoms with van der Waals surface area (Å²) in [5.41, 5.74) is 1.09. The van der Waals surface area contributed by atoms with Crippen molar-refractivity contribution in [2.24, 2.45) is 5.92 Å². The molecule has 0 radical (unpaired) electrons. The maximum absolute atomic E-state index is 13.0. The molecule has 2 aliphatic heterocycles. The molecule has 132 valence electrons. The zero-order valence-electron chi connectivity index (χ0n) is 14.3. The molecule has 0 saturated carbocycles. The second-order valence-electron chi connectivity index (χ2n) is 7.18. The van der Waals surface area contributed by atoms with Gasteiger partial charge in [-0.2, -0.15) is 0 Å². The van der Waals surface area contributed by atoms with Crippen molar-refractivity contribution in [3.63, 3.8) is 0 Å². The van der Waals surface area contributed by atoms with Crippen molar-refractivity contribution in [3.05, 3.63) is 35.6 Å². The van der Waals surface area contributed by atoms with Crippen molar-refractivity contribution < 1.29 is 14.3 Å². The number of aliphatic hydroxyl groups is 1. The second-order valence-corrected chi connectivity index (χ2v) is 7.18. The Bertz CT molecular complexity index is 555. The van der Waals surface area contributed by atoms with E-state index in [9.17, 15) is 14.3 Å². The fraction of sp³-hybridized carbons (Fsp3) is 0.632. The van der Waals surface area contributed by atoms with Crippen LogP contribution in [0.4, 0.5) is 4.39 Å². The lowest BCUT2D eigenvalue weighted by molar-refractivity contribution is -0.130. The minimum Gasteiger partial charge on any atom is -0.391 e. The highest BCUT2D eigenvalue weighted by molar-refractivity contribution is 5.73. The molecule has 1 amide bonds. The van der Waals surface area contributed by atoms with E-state index < -0.39 is 0 Å². The van der Waals surface area contributed by atoms with E-state index in [1.54, 1.807) is 6.92 Å². The Morgan fingerprint density at radius 3 is 2.42 bits per heavy atom. The molecule has 5 heteroatoms. The predicted molar refractivity (Wildman–Crippen MR) is 91.1 cm³/mol. The molecule has 3 rings (SSSR count). The van der Waals surface area contributed by atoms with Crippen LogP contribution < -0.4 is 0 Å². The Hall–Kier alpha value is -1.46. The van der Waals surface area contributed by atoms with Crippen LogP contribution in [0.1, 0.15) is 31.7 Å². The first-order valence-corrected chi connectivity index (χ1v) is 8.95. The molecule has 1 N–H and O–H groups in total. The van der Waals surface area contributed by atoms with Gasteiger partial charge in [-0.3, -0.25) is 9.69 Å². The maximum Gasteiger partial charge on any atom is 0.219 e. The summed E-state index contributed by atoms with van der Waals surface area (Å²) >= 11 is 0. The van der Waals surface area contributed by atoms with E-state index in [4.69, 9.17) is 0 Å². The number of hydrogen-bond acceptors (Lipinski definition) is 3. The van der Waals surface area contributed by atoms with Crippen LogP contribution in [0.2, 0.25) is 0 Å². The molecule has 0 aliphatic carbocycles. The van der Waals surface area contributed by atoms with Gasteiger partial charge in [0.15, 0.2) is 0 Å². The Morgan fingerprint density at radius 1 is 1.17 bits per heavy atom. The summed E-state index contributed by atoms with van der Waals surface area (Å²) in [6.45, 7) is 4.98. The molecule has 2 saturated heterocycles. The number of piperidine rings is 2. The number of β-amino-alcohol motifs (C(OH)–C–C–N with tert-alkyl or cyclic N) is 1. The minimum absolute atomic E-state index is 0.159. The molecule has 0 bridgehead atoms. The lowest BCUT2D eigenvalue weighted by Crippen LogP contribution is -2.52. The number of carbonyl (C=O) groups is 1. The largest absolute Gasteiger partial charge is 0.391 e. The number of amides is 1. The molecule has 0 spiro atoms. The molecule has 1 aromatic carbocycles. The number of hydrogen-bond donors (Lipinski definition) is 1. The smallest absolute Gasteiger partial charge is 0.219 e. The Kier molecular flexibility index (Phi) is 5.51. The molecular weight excluding hydrogens is 307 g/mol. The minimum atomic E-state index is -0.338. The van der Waals surface area contributed by atoms with Crippen molar-refractivity contribution in [1.82, 2.24) is 9.80 Å². The highest BCUT2D eigenvalue weighted by Crippen LogP contribution is 2.26. The number of benzene rings is 1. The first kappa shape index (κ1) is 17.4. The monoisotopic (exact) mass is 334 g/mol. The van der Waals surface area contributed by atoms with Crippen molar-refractivity contribution in [2.45, 2.75) is 44.8 Å². The fourth-order valence-electron chi connectivity index (χ4n) is 4.04. The van der Waals surface area contributed by atoms with Crippen LogP contribution in [-0.2, 0) is 11.2 Å². The molecule has 4 nitrogen and oxygen atoms in total. The average molecular weight is 334 g/mol. The van der Waals surface area contributed by atoms with Crippen LogP contribution in [0, 0.1) is 11.7 Å². The third kappa shape index (κ3) is 4.14. The van der Waals surface area contributed by atoms with E-state index in [-0.39, 0.29) is 23.7 Å². The summed E-state index contributed by atoms with van der Waals surface area (Å²) in [4.78, 5) is 15.7. The Balaban J connectivity index is 1.50. The third-order valence-corrected chi connectivity index (χ3v) is 5.59. The van der Waals surface area contributed by atoms with Gasteiger partial charge in [-0.25, -0.2) is 4.39 Å². The zero-order chi connectivity index (χ0) is 17.1. The molecule has 2 heterocycles. The maximum atomic E-state index is 13.0. The average Bonchev–Trinajstić information content (AvgIpc) is 2.58. The molecule has 0 aromatic heterocycles. The standard InChI is InChI=1S/C19H27FN2O2/c1-14(23)21-10-7-18(8-11-21)22-9-6-16(19(24)13-22)12-15-2-4-17(20)5-3-15/h2-5,16,18-19,24H,6-13H2,1H3/t16-,19+/m1/s1. The highest BCUT2D eigenvalue weighted by Gasteiger charge is 2.33. The SMILES string of the molecule is CC(=O)N1CCC(N2CC[C@H](Cc3ccc(F)cc3)[C@@H](O)C2)CC1. The molecule has 0 unspecified atom stereocenters. The van der Waals surface area contributed by atoms with Gasteiger partial charge in [0, 0.05) is 32.6 Å². The summed E-state index contributed by atoms with van der Waals surface area (Å²) in [6, 6.07) is 7.07. The third-order valence-electron chi connectivity index (χ3n) is 5.59. The first-order chi connectivity index (χ1) is 11.5. The van der Waals surface area contributed by atoms with Gasteiger partial charge < -0.3 is 10.0 Å². The van der Waals surface area contributed by atoms with Crippen molar-refractivity contribution in [1.29, 1.82) is 0 Å². The van der Waals surface area contributed by atoms with E-state index in [1.807, 2.05) is 17.0 Å². The molecule has 2 fully saturated rings. The number of rotatable bonds is 3. The number of carbonyl (C=O) groups excluding carboxylic acids is 1. The lowest BCUT2D eigenvalue weighted by atomic mass is 9.86. The second kappa shape index (κ2) is 7.62. The number of nitrogens with zero attached hydrogens (tertiary/aromatic N) is 2. The van der Waals surface area contributed by atoms with Gasteiger partial charge in [0.1, 0.15) is 5.82 Å². The zero-order valence-corrected chi connectivity index (χ0v) is 14.3. The van der Waals surface area contributed by atoms with Gasteiger partial charge in [0.05, 0.1) is 6.10 Å². The van der Waals surface area contributed by atoms with Crippen LogP contribution in [0.3, 0.4) is 0 Å². The molecular formula is C19H27FN2O2. The summed E-state index contributed by atoms with van der Waals surface area (Å²) in [6.07, 6.45) is 3.42. The topological polar surface area (TPSA) is 43.8 Å². The van der Waals surface area contributed by atoms with Crippen molar-refractivity contribution >= 4 is 5.91 Å². The lowest BCUT2D eigenvalue weighted by Gasteiger charge is -2.43. The molecule has 2 aliphatic rings. The van der Waals surface area contributed by atoms with Crippen molar-refractivity contribution in [3.8, 4) is 0 Å². The Morgan fingerprint density at radius 2 is 1.83 bits per heavy atom. The van der Waals surface area contributed by atoms with Crippen LogP contribution in [0.25, 0.3) is 0 Å². The van der Waals surface area contributed by atoms with E-state index in [1.165, 1.54) is 12.1 Å². The molecule has 2 atom stereocenters. The Labute approximate surface area is 143 Å². The number of halogens is 1. The van der Waals surface area contributed by atoms with Crippen LogP contribution in [0.5, 0.6) is 0 Å². The summed E-state index contributed by atoms with van der Waals surface area (Å²) in [5.74, 6) is 0.182. The summed E-state index contributed by atoms with van der Waals surface area (Å²) < 4.78 is 13.0. The summed E-state index contributed by atoms with van der Waals surface area (Å²) in [5, 5.41) is 10.5. The van der Waals surface area contributed by atoms with Crippen LogP contribution in [-0.4, -0.2) is 59.1 Å². The van der Waals surface area contributed by atoms with Gasteiger partial charge in [0.25, 0.3) is 0 Å². The van der Waals surface area contributed by atoms with E-state index in [2.05, 4.69) is 4.90 Å². The van der Waals surface area contributed by atoms with E-state index in [0.717, 1.165) is 50.9 Å². The van der Waals surface area contributed by atoms with Crippen LogP contribution >= 0.6 is 0 Å². The normalized spacial score (nSPS) is 26.5. The summed E-state index contributed by atoms with van der Waals surface area (Å²) in [7, 11) is 0. The van der Waals surface area contributed by atoms with E-state index >= 15 is 0 Å². The molecule has 24 heavy (non-hydrogen) atoms. The van der Waals surface area contributed by atoms with Gasteiger partial charge in [-0.15, -0.1) is 0 Å². The molecule has 1 aromatic rings. The fourth-order valence-corrected chi connectivity index (χ4v) is 4.04. The quantitative estimate of drug-likeness (QED) is 0.920. The number of likely N-dealkylation sites (tertiary alicyclic amines) is 2. The van der Waals surface area contributed by atoms with E-state index in [0.29, 0.717) is 12.6 Å². The van der Waals surface area contributed by atoms with Gasteiger partial charge in [-0.05, 0) is 55.8 Å². The first-order valence-electron chi connectivity index (χ1n) is 8.95. The van der Waals surface area contributed by atoms with Gasteiger partial charge in [0.2, 0.25) is 5.91 Å². The van der Waals surface area contributed by atoms with Crippen molar-refractivity contribution in [2.75, 3.05) is 26.2 Å². The van der Waals surface area contributed by atoms with Gasteiger partial charge >= 0.3 is 0 Å². The van der Waals surface area contributed by atoms with Crippen LogP contribution in [0.15, 0.2) is 24.3 Å². The predicted octanol–water partition coefficient (Wildman–Crippen LogP) is 2.06.